The molecule has 2 N–H and O–H groups in total. The van der Waals surface area contributed by atoms with E-state index in [1.807, 2.05) is 18.2 Å². The first-order valence-electron chi connectivity index (χ1n) is 6.80. The van der Waals surface area contributed by atoms with Gasteiger partial charge in [-0.05, 0) is 46.5 Å². The fourth-order valence-electron chi connectivity index (χ4n) is 2.41. The number of nitrogens with two attached hydrogens (primary N) is 1. The first kappa shape index (κ1) is 13.6. The average molecular weight is 337 g/mol. The topological polar surface area (TPSA) is 66.0 Å². The third kappa shape index (κ3) is 2.71. The number of ether oxygens (including phenoxy) is 1. The second-order valence-electron chi connectivity index (χ2n) is 4.90. The van der Waals surface area contributed by atoms with Crippen LogP contribution in [-0.4, -0.2) is 14.8 Å². The van der Waals surface area contributed by atoms with Gasteiger partial charge in [-0.1, -0.05) is 6.07 Å². The Hall–Kier alpha value is -1.40. The maximum Gasteiger partial charge on any atom is 0.171 e. The monoisotopic (exact) mass is 336 g/mol. The molecule has 6 heteroatoms. The highest BCUT2D eigenvalue weighted by molar-refractivity contribution is 9.10. The molecular weight excluding hydrogens is 320 g/mol. The minimum atomic E-state index is 0.438. The quantitative estimate of drug-likeness (QED) is 0.931. The van der Waals surface area contributed by atoms with Crippen molar-refractivity contribution < 1.29 is 4.74 Å². The van der Waals surface area contributed by atoms with E-state index in [1.165, 1.54) is 12.8 Å². The summed E-state index contributed by atoms with van der Waals surface area (Å²) in [7, 11) is 0. The van der Waals surface area contributed by atoms with E-state index in [0.29, 0.717) is 13.2 Å². The number of hydrogen-bond acceptors (Lipinski definition) is 4. The number of aromatic nitrogens is 3. The standard InChI is InChI=1S/C14H17BrN4O/c15-11-7-10(8-16)4-5-12(11)20-9-14-18-17-13-3-1-2-6-19(13)14/h4-5,7H,1-3,6,8-9,16H2. The molecule has 0 radical (unpaired) electrons. The Bertz CT molecular complexity index is 611. The van der Waals surface area contributed by atoms with Gasteiger partial charge in [-0.25, -0.2) is 0 Å². The van der Waals surface area contributed by atoms with E-state index in [9.17, 15) is 0 Å². The molecule has 0 bridgehead atoms. The lowest BCUT2D eigenvalue weighted by Gasteiger charge is -2.15. The Labute approximate surface area is 126 Å². The maximum atomic E-state index is 5.84. The molecule has 106 valence electrons. The van der Waals surface area contributed by atoms with E-state index in [-0.39, 0.29) is 0 Å². The summed E-state index contributed by atoms with van der Waals surface area (Å²) in [5.41, 5.74) is 6.69. The van der Waals surface area contributed by atoms with Gasteiger partial charge in [0.15, 0.2) is 5.82 Å². The predicted octanol–water partition coefficient (Wildman–Crippen LogP) is 2.41. The zero-order valence-corrected chi connectivity index (χ0v) is 12.8. The smallest absolute Gasteiger partial charge is 0.171 e. The normalized spacial score (nSPS) is 14.1. The zero-order valence-electron chi connectivity index (χ0n) is 11.2. The molecule has 20 heavy (non-hydrogen) atoms. The molecule has 0 fully saturated rings. The number of aryl methyl sites for hydroxylation is 1. The Morgan fingerprint density at radius 3 is 3.00 bits per heavy atom. The van der Waals surface area contributed by atoms with Crippen molar-refractivity contribution in [1.29, 1.82) is 0 Å². The minimum Gasteiger partial charge on any atom is -0.484 e. The van der Waals surface area contributed by atoms with Crippen LogP contribution in [0.15, 0.2) is 22.7 Å². The first-order valence-corrected chi connectivity index (χ1v) is 7.59. The third-order valence-electron chi connectivity index (χ3n) is 3.52. The first-order chi connectivity index (χ1) is 9.78. The highest BCUT2D eigenvalue weighted by atomic mass is 79.9. The third-order valence-corrected chi connectivity index (χ3v) is 4.14. The van der Waals surface area contributed by atoms with Crippen LogP contribution in [0.2, 0.25) is 0 Å². The molecule has 1 aromatic heterocycles. The molecule has 5 nitrogen and oxygen atoms in total. The largest absolute Gasteiger partial charge is 0.484 e. The second kappa shape index (κ2) is 5.93. The van der Waals surface area contributed by atoms with Gasteiger partial charge in [0.25, 0.3) is 0 Å². The van der Waals surface area contributed by atoms with Crippen LogP contribution in [0, 0.1) is 0 Å². The summed E-state index contributed by atoms with van der Waals surface area (Å²) in [5, 5.41) is 8.45. The Morgan fingerprint density at radius 1 is 1.30 bits per heavy atom. The summed E-state index contributed by atoms with van der Waals surface area (Å²) in [6, 6.07) is 5.88. The molecule has 0 saturated carbocycles. The fraction of sp³-hybridized carbons (Fsp3) is 0.429. The number of benzene rings is 1. The van der Waals surface area contributed by atoms with Crippen LogP contribution in [0.25, 0.3) is 0 Å². The lowest BCUT2D eigenvalue weighted by atomic mass is 10.2. The molecule has 0 spiro atoms. The van der Waals surface area contributed by atoms with Crippen molar-refractivity contribution in [3.8, 4) is 5.75 Å². The molecule has 2 aromatic rings. The second-order valence-corrected chi connectivity index (χ2v) is 5.75. The molecule has 0 atom stereocenters. The van der Waals surface area contributed by atoms with E-state index < -0.39 is 0 Å². The van der Waals surface area contributed by atoms with Crippen LogP contribution in [0.3, 0.4) is 0 Å². The van der Waals surface area contributed by atoms with Crippen molar-refractivity contribution in [1.82, 2.24) is 14.8 Å². The number of nitrogens with zero attached hydrogens (tertiary/aromatic N) is 3. The van der Waals surface area contributed by atoms with Crippen LogP contribution in [0.1, 0.15) is 30.1 Å². The van der Waals surface area contributed by atoms with Crippen molar-refractivity contribution in [3.63, 3.8) is 0 Å². The zero-order chi connectivity index (χ0) is 13.9. The number of fused-ring (bicyclic) bond motifs is 1. The van der Waals surface area contributed by atoms with Gasteiger partial charge in [0.1, 0.15) is 18.2 Å². The summed E-state index contributed by atoms with van der Waals surface area (Å²) < 4.78 is 8.92. The lowest BCUT2D eigenvalue weighted by Crippen LogP contribution is -2.14. The van der Waals surface area contributed by atoms with Crippen molar-refractivity contribution in [2.24, 2.45) is 5.73 Å². The van der Waals surface area contributed by atoms with Crippen LogP contribution >= 0.6 is 15.9 Å². The van der Waals surface area contributed by atoms with E-state index >= 15 is 0 Å². The van der Waals surface area contributed by atoms with Crippen LogP contribution in [0.4, 0.5) is 0 Å². The van der Waals surface area contributed by atoms with Gasteiger partial charge in [0, 0.05) is 19.5 Å². The average Bonchev–Trinajstić information content (AvgIpc) is 2.89. The highest BCUT2D eigenvalue weighted by Gasteiger charge is 2.16. The number of halogens is 1. The molecule has 2 heterocycles. The molecule has 1 aliphatic rings. The maximum absolute atomic E-state index is 5.84. The van der Waals surface area contributed by atoms with E-state index in [2.05, 4.69) is 30.7 Å². The Balaban J connectivity index is 1.72. The summed E-state index contributed by atoms with van der Waals surface area (Å²) in [4.78, 5) is 0. The van der Waals surface area contributed by atoms with Gasteiger partial charge in [-0.15, -0.1) is 10.2 Å². The van der Waals surface area contributed by atoms with E-state index in [4.69, 9.17) is 10.5 Å². The summed E-state index contributed by atoms with van der Waals surface area (Å²) in [6.07, 6.45) is 3.40. The van der Waals surface area contributed by atoms with Crippen LogP contribution < -0.4 is 10.5 Å². The molecule has 0 amide bonds. The summed E-state index contributed by atoms with van der Waals surface area (Å²) in [6.45, 7) is 1.96. The molecular formula is C14H17BrN4O. The Morgan fingerprint density at radius 2 is 2.20 bits per heavy atom. The highest BCUT2D eigenvalue weighted by Crippen LogP contribution is 2.27. The van der Waals surface area contributed by atoms with Crippen molar-refractivity contribution in [3.05, 3.63) is 39.9 Å². The van der Waals surface area contributed by atoms with Gasteiger partial charge in [0.2, 0.25) is 0 Å². The minimum absolute atomic E-state index is 0.438. The molecule has 0 saturated heterocycles. The molecule has 1 aromatic carbocycles. The lowest BCUT2D eigenvalue weighted by molar-refractivity contribution is 0.284. The SMILES string of the molecule is NCc1ccc(OCc2nnc3n2CCCC3)c(Br)c1. The fourth-order valence-corrected chi connectivity index (χ4v) is 2.95. The Kier molecular flexibility index (Phi) is 4.03. The van der Waals surface area contributed by atoms with Gasteiger partial charge in [0.05, 0.1) is 4.47 Å². The molecule has 3 rings (SSSR count). The van der Waals surface area contributed by atoms with E-state index in [0.717, 1.165) is 40.4 Å². The van der Waals surface area contributed by atoms with E-state index in [1.54, 1.807) is 0 Å². The van der Waals surface area contributed by atoms with Gasteiger partial charge >= 0.3 is 0 Å². The van der Waals surface area contributed by atoms with Gasteiger partial charge in [-0.2, -0.15) is 0 Å². The predicted molar refractivity (Wildman–Crippen MR) is 79.3 cm³/mol. The summed E-state index contributed by atoms with van der Waals surface area (Å²) >= 11 is 3.50. The molecule has 0 aliphatic carbocycles. The van der Waals surface area contributed by atoms with Crippen LogP contribution in [-0.2, 0) is 26.1 Å². The van der Waals surface area contributed by atoms with Gasteiger partial charge < -0.3 is 15.0 Å². The van der Waals surface area contributed by atoms with Crippen molar-refractivity contribution in [2.75, 3.05) is 0 Å². The van der Waals surface area contributed by atoms with Crippen molar-refractivity contribution >= 4 is 15.9 Å². The number of hydrogen-bond donors (Lipinski definition) is 1. The van der Waals surface area contributed by atoms with Gasteiger partial charge in [-0.3, -0.25) is 0 Å². The summed E-state index contributed by atoms with van der Waals surface area (Å²) in [5.74, 6) is 2.78. The molecule has 1 aliphatic heterocycles. The van der Waals surface area contributed by atoms with Crippen LogP contribution in [0.5, 0.6) is 5.75 Å². The number of rotatable bonds is 4. The van der Waals surface area contributed by atoms with Crippen molar-refractivity contribution in [2.45, 2.75) is 39.0 Å². The molecule has 0 unspecified atom stereocenters.